The van der Waals surface area contributed by atoms with E-state index in [0.29, 0.717) is 24.2 Å². The maximum absolute atomic E-state index is 12.9. The van der Waals surface area contributed by atoms with Crippen molar-refractivity contribution in [3.8, 4) is 11.1 Å². The zero-order chi connectivity index (χ0) is 19.4. The topological polar surface area (TPSA) is 48.5 Å². The lowest BCUT2D eigenvalue weighted by Gasteiger charge is -2.40. The highest BCUT2D eigenvalue weighted by Crippen LogP contribution is 2.32. The number of alkyl halides is 3. The summed E-state index contributed by atoms with van der Waals surface area (Å²) in [5.74, 6) is 0.761. The van der Waals surface area contributed by atoms with E-state index in [2.05, 4.69) is 20.1 Å². The van der Waals surface area contributed by atoms with Gasteiger partial charge in [0.15, 0.2) is 0 Å². The van der Waals surface area contributed by atoms with E-state index in [4.69, 9.17) is 0 Å². The van der Waals surface area contributed by atoms with Gasteiger partial charge in [-0.05, 0) is 36.9 Å². The second-order valence-corrected chi connectivity index (χ2v) is 6.40. The summed E-state index contributed by atoms with van der Waals surface area (Å²) in [4.78, 5) is 19.4. The van der Waals surface area contributed by atoms with Crippen LogP contribution in [0.1, 0.15) is 5.56 Å². The Hall–Kier alpha value is -2.45. The van der Waals surface area contributed by atoms with Gasteiger partial charge in [-0.15, -0.1) is 0 Å². The second-order valence-electron chi connectivity index (χ2n) is 6.40. The summed E-state index contributed by atoms with van der Waals surface area (Å²) in [6.07, 6.45) is -1.85. The first-order valence-electron chi connectivity index (χ1n) is 8.66. The average Bonchev–Trinajstić information content (AvgIpc) is 2.68. The van der Waals surface area contributed by atoms with Crippen LogP contribution >= 0.6 is 0 Å². The molecule has 1 aromatic heterocycles. The summed E-state index contributed by atoms with van der Waals surface area (Å²) >= 11 is 0. The van der Waals surface area contributed by atoms with Crippen LogP contribution in [-0.4, -0.2) is 55.6 Å². The van der Waals surface area contributed by atoms with E-state index in [1.54, 1.807) is 18.3 Å². The number of aromatic nitrogens is 1. The lowest BCUT2D eigenvalue weighted by molar-refractivity contribution is -0.137. The van der Waals surface area contributed by atoms with Crippen molar-refractivity contribution in [2.24, 2.45) is 0 Å². The van der Waals surface area contributed by atoms with E-state index in [1.165, 1.54) is 6.07 Å². The molecule has 0 aliphatic carbocycles. The van der Waals surface area contributed by atoms with Crippen LogP contribution in [-0.2, 0) is 11.0 Å². The van der Waals surface area contributed by atoms with E-state index in [1.807, 2.05) is 13.1 Å². The van der Waals surface area contributed by atoms with E-state index < -0.39 is 11.7 Å². The fraction of sp³-hybridized carbons (Fsp3) is 0.368. The van der Waals surface area contributed by atoms with Crippen LogP contribution in [0, 0.1) is 0 Å². The first-order chi connectivity index (χ1) is 12.9. The van der Waals surface area contributed by atoms with Gasteiger partial charge in [0.25, 0.3) is 0 Å². The molecule has 1 aromatic carbocycles. The zero-order valence-corrected chi connectivity index (χ0v) is 14.9. The number of nitrogens with zero attached hydrogens (tertiary/aromatic N) is 3. The molecule has 1 aliphatic rings. The molecule has 1 unspecified atom stereocenters. The molecule has 1 fully saturated rings. The minimum atomic E-state index is -4.37. The van der Waals surface area contributed by atoms with E-state index in [-0.39, 0.29) is 6.17 Å². The maximum Gasteiger partial charge on any atom is 0.416 e. The first-order valence-corrected chi connectivity index (χ1v) is 8.66. The highest BCUT2D eigenvalue weighted by molar-refractivity contribution is 5.65. The molecule has 0 bridgehead atoms. The van der Waals surface area contributed by atoms with Crippen molar-refractivity contribution in [2.75, 3.05) is 38.1 Å². The molecule has 5 nitrogen and oxygen atoms in total. The van der Waals surface area contributed by atoms with Crippen molar-refractivity contribution in [1.82, 2.24) is 15.2 Å². The molecule has 0 amide bonds. The number of carbonyl (C=O) groups excluding carboxylic acids is 1. The van der Waals surface area contributed by atoms with Gasteiger partial charge in [0.1, 0.15) is 12.1 Å². The molecule has 1 aliphatic heterocycles. The SMILES string of the molecule is CNC1CN(c2ccc(-c3cccc(C(F)(F)F)c3)cn2)CCN1CC=O. The van der Waals surface area contributed by atoms with E-state index >= 15 is 0 Å². The van der Waals surface area contributed by atoms with E-state index in [9.17, 15) is 18.0 Å². The molecule has 1 saturated heterocycles. The highest BCUT2D eigenvalue weighted by atomic mass is 19.4. The van der Waals surface area contributed by atoms with Crippen LogP contribution in [0.3, 0.4) is 0 Å². The van der Waals surface area contributed by atoms with E-state index in [0.717, 1.165) is 37.3 Å². The van der Waals surface area contributed by atoms with Gasteiger partial charge in [0.05, 0.1) is 18.3 Å². The van der Waals surface area contributed by atoms with Gasteiger partial charge in [0.2, 0.25) is 0 Å². The number of pyridine rings is 1. The molecule has 27 heavy (non-hydrogen) atoms. The fourth-order valence-electron chi connectivity index (χ4n) is 3.24. The van der Waals surface area contributed by atoms with Crippen molar-refractivity contribution >= 4 is 12.1 Å². The molecule has 0 spiro atoms. The molecule has 8 heteroatoms. The van der Waals surface area contributed by atoms with Crippen molar-refractivity contribution < 1.29 is 18.0 Å². The molecular weight excluding hydrogens is 357 g/mol. The van der Waals surface area contributed by atoms with Gasteiger partial charge in [-0.1, -0.05) is 12.1 Å². The first kappa shape index (κ1) is 19.3. The predicted molar refractivity (Wildman–Crippen MR) is 97.4 cm³/mol. The third-order valence-corrected chi connectivity index (χ3v) is 4.73. The highest BCUT2D eigenvalue weighted by Gasteiger charge is 2.30. The molecule has 0 saturated carbocycles. The van der Waals surface area contributed by atoms with Gasteiger partial charge >= 0.3 is 6.18 Å². The smallest absolute Gasteiger partial charge is 0.352 e. The molecule has 1 atom stereocenters. The fourth-order valence-corrected chi connectivity index (χ4v) is 3.24. The Morgan fingerprint density at radius 3 is 2.67 bits per heavy atom. The third kappa shape index (κ3) is 4.45. The monoisotopic (exact) mass is 378 g/mol. The molecule has 2 aromatic rings. The summed E-state index contributed by atoms with van der Waals surface area (Å²) in [5.41, 5.74) is 0.439. The average molecular weight is 378 g/mol. The number of piperazine rings is 1. The minimum absolute atomic E-state index is 0.0360. The Morgan fingerprint density at radius 1 is 1.22 bits per heavy atom. The second kappa shape index (κ2) is 8.06. The third-order valence-electron chi connectivity index (χ3n) is 4.73. The number of anilines is 1. The summed E-state index contributed by atoms with van der Waals surface area (Å²) < 4.78 is 38.7. The number of hydrogen-bond donors (Lipinski definition) is 1. The van der Waals surface area contributed by atoms with Crippen LogP contribution in [0.5, 0.6) is 0 Å². The molecule has 3 rings (SSSR count). The van der Waals surface area contributed by atoms with Crippen LogP contribution in [0.2, 0.25) is 0 Å². The Labute approximate surface area is 155 Å². The summed E-state index contributed by atoms with van der Waals surface area (Å²) in [6, 6.07) is 8.83. The normalized spacial score (nSPS) is 18.5. The van der Waals surface area contributed by atoms with Crippen molar-refractivity contribution in [3.05, 3.63) is 48.2 Å². The minimum Gasteiger partial charge on any atom is -0.352 e. The number of carbonyl (C=O) groups is 1. The maximum atomic E-state index is 12.9. The molecular formula is C19H21F3N4O. The van der Waals surface area contributed by atoms with Gasteiger partial charge in [-0.25, -0.2) is 4.98 Å². The molecule has 144 valence electrons. The lowest BCUT2D eigenvalue weighted by atomic mass is 10.0. The number of rotatable bonds is 5. The van der Waals surface area contributed by atoms with Crippen molar-refractivity contribution in [1.29, 1.82) is 0 Å². The van der Waals surface area contributed by atoms with Gasteiger partial charge < -0.3 is 15.0 Å². The van der Waals surface area contributed by atoms with Crippen molar-refractivity contribution in [2.45, 2.75) is 12.3 Å². The Bertz CT molecular complexity index is 779. The Kier molecular flexibility index (Phi) is 5.76. The summed E-state index contributed by atoms with van der Waals surface area (Å²) in [7, 11) is 1.84. The lowest BCUT2D eigenvalue weighted by Crippen LogP contribution is -2.58. The van der Waals surface area contributed by atoms with Crippen LogP contribution < -0.4 is 10.2 Å². The number of halogens is 3. The Balaban J connectivity index is 1.75. The molecule has 1 N–H and O–H groups in total. The van der Waals surface area contributed by atoms with Gasteiger partial charge in [-0.2, -0.15) is 13.2 Å². The standard InChI is InChI=1S/C19H21F3N4O/c1-23-18-13-26(8-7-25(18)9-10-27)17-6-5-15(12-24-17)14-3-2-4-16(11-14)19(20,21)22/h2-6,10-12,18,23H,7-9,13H2,1H3. The predicted octanol–water partition coefficient (Wildman–Crippen LogP) is 2.63. The van der Waals surface area contributed by atoms with Crippen molar-refractivity contribution in [3.63, 3.8) is 0 Å². The zero-order valence-electron chi connectivity index (χ0n) is 14.9. The number of benzene rings is 1. The van der Waals surface area contributed by atoms with Gasteiger partial charge in [0, 0.05) is 31.4 Å². The largest absolute Gasteiger partial charge is 0.416 e. The van der Waals surface area contributed by atoms with Crippen LogP contribution in [0.4, 0.5) is 19.0 Å². The van der Waals surface area contributed by atoms with Crippen LogP contribution in [0.25, 0.3) is 11.1 Å². The number of hydrogen-bond acceptors (Lipinski definition) is 5. The summed E-state index contributed by atoms with van der Waals surface area (Å²) in [5, 5.41) is 3.19. The number of aldehydes is 1. The number of likely N-dealkylation sites (N-methyl/N-ethyl adjacent to an activating group) is 1. The number of nitrogens with one attached hydrogen (secondary N) is 1. The molecule has 0 radical (unpaired) electrons. The quantitative estimate of drug-likeness (QED) is 0.811. The molecule has 2 heterocycles. The van der Waals surface area contributed by atoms with Crippen LogP contribution in [0.15, 0.2) is 42.6 Å². The Morgan fingerprint density at radius 2 is 2.04 bits per heavy atom. The van der Waals surface area contributed by atoms with Gasteiger partial charge in [-0.3, -0.25) is 4.90 Å². The summed E-state index contributed by atoms with van der Waals surface area (Å²) in [6.45, 7) is 2.49.